The van der Waals surface area contributed by atoms with E-state index in [9.17, 15) is 14.4 Å². The van der Waals surface area contributed by atoms with Gasteiger partial charge in [-0.15, -0.1) is 0 Å². The van der Waals surface area contributed by atoms with Crippen LogP contribution < -0.4 is 16.2 Å². The summed E-state index contributed by atoms with van der Waals surface area (Å²) in [5.41, 5.74) is 0.310. The first-order chi connectivity index (χ1) is 11.0. The van der Waals surface area contributed by atoms with Gasteiger partial charge in [-0.05, 0) is 31.7 Å². The minimum Gasteiger partial charge on any atom is -0.345 e. The third kappa shape index (κ3) is 4.68. The summed E-state index contributed by atoms with van der Waals surface area (Å²) in [5.74, 6) is -0.670. The van der Waals surface area contributed by atoms with Crippen LogP contribution in [0.4, 0.5) is 5.69 Å². The number of pyridine rings is 1. The first-order valence-corrected chi connectivity index (χ1v) is 8.35. The lowest BCUT2D eigenvalue weighted by Crippen LogP contribution is -2.43. The quantitative estimate of drug-likeness (QED) is 0.832. The van der Waals surface area contributed by atoms with Crippen molar-refractivity contribution in [2.45, 2.75) is 58.5 Å². The molecule has 1 aliphatic rings. The van der Waals surface area contributed by atoms with Crippen LogP contribution in [0.5, 0.6) is 0 Å². The molecule has 0 unspecified atom stereocenters. The van der Waals surface area contributed by atoms with Crippen LogP contribution in [0.15, 0.2) is 23.1 Å². The Labute approximate surface area is 136 Å². The van der Waals surface area contributed by atoms with Crippen molar-refractivity contribution in [3.8, 4) is 0 Å². The molecule has 2 rings (SSSR count). The lowest BCUT2D eigenvalue weighted by Gasteiger charge is -2.28. The van der Waals surface area contributed by atoms with Gasteiger partial charge in [-0.3, -0.25) is 14.4 Å². The van der Waals surface area contributed by atoms with E-state index in [-0.39, 0.29) is 11.6 Å². The zero-order chi connectivity index (χ0) is 16.8. The molecule has 1 fully saturated rings. The fourth-order valence-corrected chi connectivity index (χ4v) is 3.08. The highest BCUT2D eigenvalue weighted by Crippen LogP contribution is 2.26. The van der Waals surface area contributed by atoms with Crippen molar-refractivity contribution in [2.24, 2.45) is 5.92 Å². The second kappa shape index (κ2) is 7.94. The molecule has 0 saturated heterocycles. The molecule has 1 aliphatic carbocycles. The second-order valence-corrected chi connectivity index (χ2v) is 6.11. The fourth-order valence-electron chi connectivity index (χ4n) is 3.08. The summed E-state index contributed by atoms with van der Waals surface area (Å²) in [7, 11) is 0. The van der Waals surface area contributed by atoms with E-state index in [4.69, 9.17) is 0 Å². The van der Waals surface area contributed by atoms with Crippen LogP contribution in [0, 0.1) is 5.92 Å². The van der Waals surface area contributed by atoms with E-state index >= 15 is 0 Å². The van der Waals surface area contributed by atoms with Crippen molar-refractivity contribution in [3.63, 3.8) is 0 Å². The smallest absolute Gasteiger partial charge is 0.313 e. The summed E-state index contributed by atoms with van der Waals surface area (Å²) < 4.78 is 1.47. The average Bonchev–Trinajstić information content (AvgIpc) is 2.56. The molecule has 126 valence electrons. The Kier molecular flexibility index (Phi) is 5.96. The molecule has 0 aromatic carbocycles. The van der Waals surface area contributed by atoms with Crippen molar-refractivity contribution < 1.29 is 9.59 Å². The Hall–Kier alpha value is -2.11. The van der Waals surface area contributed by atoms with Gasteiger partial charge in [-0.1, -0.05) is 26.2 Å². The summed E-state index contributed by atoms with van der Waals surface area (Å²) in [4.78, 5) is 35.6. The molecule has 6 nitrogen and oxygen atoms in total. The lowest BCUT2D eigenvalue weighted by atomic mass is 9.84. The molecule has 23 heavy (non-hydrogen) atoms. The highest BCUT2D eigenvalue weighted by molar-refractivity contribution is 6.39. The van der Waals surface area contributed by atoms with Crippen LogP contribution >= 0.6 is 0 Å². The van der Waals surface area contributed by atoms with Crippen LogP contribution in [-0.2, 0) is 16.1 Å². The van der Waals surface area contributed by atoms with Crippen LogP contribution in [0.3, 0.4) is 0 Å². The molecule has 2 N–H and O–H groups in total. The van der Waals surface area contributed by atoms with Crippen LogP contribution in [0.25, 0.3) is 0 Å². The first-order valence-electron chi connectivity index (χ1n) is 8.35. The zero-order valence-electron chi connectivity index (χ0n) is 13.8. The highest BCUT2D eigenvalue weighted by Gasteiger charge is 2.24. The van der Waals surface area contributed by atoms with Gasteiger partial charge in [0.05, 0.1) is 5.69 Å². The molecule has 1 aromatic rings. The molecule has 0 spiro atoms. The van der Waals surface area contributed by atoms with Crippen molar-refractivity contribution in [2.75, 3.05) is 5.32 Å². The first kappa shape index (κ1) is 17.2. The summed E-state index contributed by atoms with van der Waals surface area (Å²) in [6.45, 7) is 4.51. The maximum Gasteiger partial charge on any atom is 0.313 e. The minimum absolute atomic E-state index is 0.0801. The van der Waals surface area contributed by atoms with E-state index in [0.717, 1.165) is 25.7 Å². The van der Waals surface area contributed by atoms with Gasteiger partial charge in [-0.25, -0.2) is 0 Å². The van der Waals surface area contributed by atoms with E-state index in [1.807, 2.05) is 6.92 Å². The van der Waals surface area contributed by atoms with Gasteiger partial charge in [-0.2, -0.15) is 0 Å². The van der Waals surface area contributed by atoms with Crippen LogP contribution in [-0.4, -0.2) is 22.4 Å². The predicted octanol–water partition coefficient (Wildman–Crippen LogP) is 1.89. The predicted molar refractivity (Wildman–Crippen MR) is 89.2 cm³/mol. The van der Waals surface area contributed by atoms with Crippen molar-refractivity contribution in [1.29, 1.82) is 0 Å². The van der Waals surface area contributed by atoms with Crippen molar-refractivity contribution in [1.82, 2.24) is 9.88 Å². The summed E-state index contributed by atoms with van der Waals surface area (Å²) in [6.07, 6.45) is 6.81. The van der Waals surface area contributed by atoms with E-state index < -0.39 is 11.8 Å². The highest BCUT2D eigenvalue weighted by atomic mass is 16.2. The summed E-state index contributed by atoms with van der Waals surface area (Å²) in [5, 5.41) is 5.37. The van der Waals surface area contributed by atoms with Crippen molar-refractivity contribution >= 4 is 17.5 Å². The number of carbonyl (C=O) groups excluding carboxylic acids is 2. The van der Waals surface area contributed by atoms with Crippen LogP contribution in [0.1, 0.15) is 46.0 Å². The van der Waals surface area contributed by atoms with Gasteiger partial charge in [0.2, 0.25) is 0 Å². The third-order valence-electron chi connectivity index (χ3n) is 4.48. The average molecular weight is 319 g/mol. The van der Waals surface area contributed by atoms with E-state index in [1.165, 1.54) is 23.1 Å². The van der Waals surface area contributed by atoms with E-state index in [0.29, 0.717) is 18.2 Å². The molecule has 1 heterocycles. The Morgan fingerprint density at radius 2 is 2.00 bits per heavy atom. The van der Waals surface area contributed by atoms with E-state index in [1.54, 1.807) is 6.20 Å². The largest absolute Gasteiger partial charge is 0.345 e. The second-order valence-electron chi connectivity index (χ2n) is 6.11. The minimum atomic E-state index is -0.690. The number of rotatable bonds is 4. The number of nitrogens with zero attached hydrogens (tertiary/aromatic N) is 1. The molecule has 0 aliphatic heterocycles. The molecule has 6 heteroatoms. The third-order valence-corrected chi connectivity index (χ3v) is 4.48. The fraction of sp³-hybridized carbons (Fsp3) is 0.588. The monoisotopic (exact) mass is 319 g/mol. The SMILES string of the molecule is CC[C@H]1CCC[C@@H](NC(=O)C(=O)Nc2ccc(=O)n(CC)c2)C1. The Balaban J connectivity index is 1.92. The van der Waals surface area contributed by atoms with E-state index in [2.05, 4.69) is 17.6 Å². The number of aryl methyl sites for hydroxylation is 1. The number of hydrogen-bond donors (Lipinski definition) is 2. The molecule has 2 amide bonds. The standard InChI is InChI=1S/C17H25N3O3/c1-3-12-6-5-7-13(10-12)18-16(22)17(23)19-14-8-9-15(21)20(4-2)11-14/h8-9,11-13H,3-7,10H2,1-2H3,(H,18,22)(H,19,23)/t12-,13+/m0/s1. The number of aromatic nitrogens is 1. The van der Waals surface area contributed by atoms with Crippen LogP contribution in [0.2, 0.25) is 0 Å². The molecule has 2 atom stereocenters. The number of anilines is 1. The maximum atomic E-state index is 12.0. The molecule has 1 saturated carbocycles. The number of carbonyl (C=O) groups is 2. The summed E-state index contributed by atoms with van der Waals surface area (Å²) in [6, 6.07) is 2.97. The maximum absolute atomic E-state index is 12.0. The molecule has 0 radical (unpaired) electrons. The van der Waals surface area contributed by atoms with Gasteiger partial charge < -0.3 is 15.2 Å². The Bertz CT molecular complexity index is 624. The normalized spacial score (nSPS) is 20.8. The Morgan fingerprint density at radius 3 is 2.70 bits per heavy atom. The van der Waals surface area contributed by atoms with Gasteiger partial charge in [0.1, 0.15) is 0 Å². The lowest BCUT2D eigenvalue weighted by molar-refractivity contribution is -0.136. The zero-order valence-corrected chi connectivity index (χ0v) is 13.8. The molecular formula is C17H25N3O3. The van der Waals surface area contributed by atoms with Crippen molar-refractivity contribution in [3.05, 3.63) is 28.7 Å². The number of amides is 2. The van der Waals surface area contributed by atoms with Gasteiger partial charge in [0.25, 0.3) is 5.56 Å². The van der Waals surface area contributed by atoms with Gasteiger partial charge in [0.15, 0.2) is 0 Å². The molecular weight excluding hydrogens is 294 g/mol. The molecule has 0 bridgehead atoms. The Morgan fingerprint density at radius 1 is 1.22 bits per heavy atom. The number of nitrogens with one attached hydrogen (secondary N) is 2. The molecule has 1 aromatic heterocycles. The van der Waals surface area contributed by atoms with Gasteiger partial charge >= 0.3 is 11.8 Å². The number of hydrogen-bond acceptors (Lipinski definition) is 3. The summed E-state index contributed by atoms with van der Waals surface area (Å²) >= 11 is 0. The van der Waals surface area contributed by atoms with Gasteiger partial charge in [0, 0.05) is 24.8 Å². The topological polar surface area (TPSA) is 80.2 Å².